The van der Waals surface area contributed by atoms with Crippen molar-refractivity contribution in [3.05, 3.63) is 81.1 Å². The van der Waals surface area contributed by atoms with Crippen molar-refractivity contribution in [2.24, 2.45) is 0 Å². The summed E-state index contributed by atoms with van der Waals surface area (Å²) in [6.45, 7) is -0.183. The lowest BCUT2D eigenvalue weighted by atomic mass is 10.0. The van der Waals surface area contributed by atoms with Crippen LogP contribution in [0.5, 0.6) is 0 Å². The quantitative estimate of drug-likeness (QED) is 0.388. The first-order valence-electron chi connectivity index (χ1n) is 9.71. The largest absolute Gasteiger partial charge is 0.548 e. The van der Waals surface area contributed by atoms with E-state index in [0.29, 0.717) is 10.9 Å². The minimum atomic E-state index is -1.42. The highest BCUT2D eigenvalue weighted by atomic mass is 16.4. The number of benzene rings is 2. The molecule has 0 radical (unpaired) electrons. The Kier molecular flexibility index (Phi) is 5.40. The van der Waals surface area contributed by atoms with Crippen LogP contribution in [0.15, 0.2) is 64.3 Å². The molecule has 2 aromatic heterocycles. The molecule has 3 N–H and O–H groups in total. The lowest BCUT2D eigenvalue weighted by Gasteiger charge is -2.19. The normalized spacial score (nSPS) is 12.1. The third kappa shape index (κ3) is 4.11. The standard InChI is InChI=1S/C22H20N4O5/c27-19(9-10-26-20(28)15-6-2-4-8-17(15)25-22(26)31)24-18(21(29)30)11-13-12-23-16-7-3-1-5-14(13)16/h1-8,12,18,23H,9-11H2,(H,24,27)(H,25,31)(H,29,30)/p-1/t18-/m0/s1. The second-order valence-electron chi connectivity index (χ2n) is 7.19. The van der Waals surface area contributed by atoms with Gasteiger partial charge in [-0.1, -0.05) is 30.3 Å². The van der Waals surface area contributed by atoms with Crippen LogP contribution >= 0.6 is 0 Å². The average molecular weight is 419 g/mol. The number of para-hydroxylation sites is 2. The first-order chi connectivity index (χ1) is 14.9. The number of rotatable bonds is 7. The van der Waals surface area contributed by atoms with Crippen molar-refractivity contribution in [2.75, 3.05) is 0 Å². The summed E-state index contributed by atoms with van der Waals surface area (Å²) >= 11 is 0. The molecule has 2 heterocycles. The zero-order valence-corrected chi connectivity index (χ0v) is 16.4. The third-order valence-corrected chi connectivity index (χ3v) is 5.17. The molecular weight excluding hydrogens is 400 g/mol. The fourth-order valence-electron chi connectivity index (χ4n) is 3.60. The van der Waals surface area contributed by atoms with Crippen molar-refractivity contribution in [3.63, 3.8) is 0 Å². The molecule has 1 amide bonds. The van der Waals surface area contributed by atoms with E-state index in [4.69, 9.17) is 0 Å². The number of aromatic amines is 2. The third-order valence-electron chi connectivity index (χ3n) is 5.17. The Hall–Kier alpha value is -4.14. The van der Waals surface area contributed by atoms with Crippen molar-refractivity contribution in [1.29, 1.82) is 0 Å². The van der Waals surface area contributed by atoms with Crippen molar-refractivity contribution in [3.8, 4) is 0 Å². The van der Waals surface area contributed by atoms with E-state index in [1.54, 1.807) is 30.5 Å². The maximum atomic E-state index is 12.5. The number of nitrogens with one attached hydrogen (secondary N) is 3. The van der Waals surface area contributed by atoms with Gasteiger partial charge in [-0.15, -0.1) is 0 Å². The second kappa shape index (κ2) is 8.31. The monoisotopic (exact) mass is 419 g/mol. The van der Waals surface area contributed by atoms with Gasteiger partial charge in [0, 0.05) is 36.5 Å². The van der Waals surface area contributed by atoms with Crippen LogP contribution in [-0.2, 0) is 22.6 Å². The zero-order valence-electron chi connectivity index (χ0n) is 16.4. The van der Waals surface area contributed by atoms with E-state index in [0.717, 1.165) is 21.0 Å². The van der Waals surface area contributed by atoms with Gasteiger partial charge in [0.25, 0.3) is 5.56 Å². The number of carbonyl (C=O) groups is 2. The number of amides is 1. The van der Waals surface area contributed by atoms with Gasteiger partial charge in [-0.3, -0.25) is 14.2 Å². The summed E-state index contributed by atoms with van der Waals surface area (Å²) in [6.07, 6.45) is 1.49. The van der Waals surface area contributed by atoms with Crippen LogP contribution in [0.4, 0.5) is 0 Å². The van der Waals surface area contributed by atoms with E-state index in [2.05, 4.69) is 15.3 Å². The molecule has 0 aliphatic rings. The summed E-state index contributed by atoms with van der Waals surface area (Å²) in [4.78, 5) is 54.3. The van der Waals surface area contributed by atoms with Gasteiger partial charge in [0.15, 0.2) is 0 Å². The molecule has 0 saturated carbocycles. The van der Waals surface area contributed by atoms with Crippen molar-refractivity contribution in [1.82, 2.24) is 19.9 Å². The Morgan fingerprint density at radius 3 is 2.42 bits per heavy atom. The number of carboxylic acids is 1. The van der Waals surface area contributed by atoms with Crippen LogP contribution in [0.25, 0.3) is 21.8 Å². The molecule has 4 rings (SSSR count). The maximum absolute atomic E-state index is 12.5. The van der Waals surface area contributed by atoms with Crippen molar-refractivity contribution < 1.29 is 14.7 Å². The van der Waals surface area contributed by atoms with Crippen LogP contribution in [-0.4, -0.2) is 32.5 Å². The summed E-state index contributed by atoms with van der Waals surface area (Å²) in [5.41, 5.74) is 0.853. The Balaban J connectivity index is 1.47. The number of hydrogen-bond donors (Lipinski definition) is 3. The van der Waals surface area contributed by atoms with Gasteiger partial charge >= 0.3 is 5.69 Å². The summed E-state index contributed by atoms with van der Waals surface area (Å²) in [5, 5.41) is 15.2. The number of H-pyrrole nitrogens is 2. The highest BCUT2D eigenvalue weighted by Gasteiger charge is 2.17. The van der Waals surface area contributed by atoms with Crippen LogP contribution < -0.4 is 21.7 Å². The van der Waals surface area contributed by atoms with Gasteiger partial charge in [-0.25, -0.2) is 4.79 Å². The number of carboxylic acid groups (broad SMARTS) is 1. The van der Waals surface area contributed by atoms with Crippen LogP contribution in [0.3, 0.4) is 0 Å². The van der Waals surface area contributed by atoms with Gasteiger partial charge in [0.1, 0.15) is 0 Å². The van der Waals surface area contributed by atoms with E-state index in [9.17, 15) is 24.3 Å². The Labute approximate surface area is 175 Å². The predicted octanol–water partition coefficient (Wildman–Crippen LogP) is 0.0386. The highest BCUT2D eigenvalue weighted by Crippen LogP contribution is 2.19. The molecule has 31 heavy (non-hydrogen) atoms. The SMILES string of the molecule is O=C(CCn1c(=O)[nH]c2ccccc2c1=O)N[C@@H](Cc1c[nH]c2ccccc12)C(=O)[O-]. The molecule has 0 aliphatic carbocycles. The van der Waals surface area contributed by atoms with Gasteiger partial charge in [-0.2, -0.15) is 0 Å². The number of aromatic nitrogens is 3. The number of fused-ring (bicyclic) bond motifs is 2. The van der Waals surface area contributed by atoms with Crippen molar-refractivity contribution in [2.45, 2.75) is 25.4 Å². The fourth-order valence-corrected chi connectivity index (χ4v) is 3.60. The number of hydrogen-bond acceptors (Lipinski definition) is 5. The molecule has 0 unspecified atom stereocenters. The molecule has 2 aromatic carbocycles. The Morgan fingerprint density at radius 2 is 1.68 bits per heavy atom. The molecule has 0 spiro atoms. The molecule has 158 valence electrons. The molecule has 0 fully saturated rings. The van der Waals surface area contributed by atoms with Gasteiger partial charge in [0.2, 0.25) is 5.91 Å². The molecule has 0 bridgehead atoms. The van der Waals surface area contributed by atoms with E-state index in [1.807, 2.05) is 24.3 Å². The second-order valence-corrected chi connectivity index (χ2v) is 7.19. The molecule has 4 aromatic rings. The molecule has 0 aliphatic heterocycles. The average Bonchev–Trinajstić information content (AvgIpc) is 3.16. The smallest absolute Gasteiger partial charge is 0.328 e. The van der Waals surface area contributed by atoms with Crippen LogP contribution in [0.1, 0.15) is 12.0 Å². The molecule has 9 nitrogen and oxygen atoms in total. The minimum absolute atomic E-state index is 0.0363. The van der Waals surface area contributed by atoms with Crippen LogP contribution in [0.2, 0.25) is 0 Å². The van der Waals surface area contributed by atoms with Crippen LogP contribution in [0, 0.1) is 0 Å². The first kappa shape index (κ1) is 20.1. The maximum Gasteiger partial charge on any atom is 0.328 e. The molecule has 9 heteroatoms. The lowest BCUT2D eigenvalue weighted by molar-refractivity contribution is -0.308. The number of aliphatic carboxylic acids is 1. The van der Waals surface area contributed by atoms with Gasteiger partial charge in [-0.05, 0) is 23.8 Å². The van der Waals surface area contributed by atoms with Crippen molar-refractivity contribution >= 4 is 33.7 Å². The van der Waals surface area contributed by atoms with Gasteiger partial charge in [0.05, 0.1) is 22.9 Å². The predicted molar refractivity (Wildman–Crippen MR) is 112 cm³/mol. The fraction of sp³-hybridized carbons (Fsp3) is 0.182. The summed E-state index contributed by atoms with van der Waals surface area (Å²) in [6, 6.07) is 12.7. The van der Waals surface area contributed by atoms with E-state index in [-0.39, 0.29) is 19.4 Å². The Morgan fingerprint density at radius 1 is 1.00 bits per heavy atom. The molecule has 0 saturated heterocycles. The number of carbonyl (C=O) groups excluding carboxylic acids is 2. The molecular formula is C22H19N4O5-. The highest BCUT2D eigenvalue weighted by molar-refractivity contribution is 5.86. The summed E-state index contributed by atoms with van der Waals surface area (Å²) in [5.74, 6) is -2.02. The van der Waals surface area contributed by atoms with E-state index in [1.165, 1.54) is 0 Å². The number of nitrogens with zero attached hydrogens (tertiary/aromatic N) is 1. The van der Waals surface area contributed by atoms with Gasteiger partial charge < -0.3 is 25.2 Å². The first-order valence-corrected chi connectivity index (χ1v) is 9.71. The van der Waals surface area contributed by atoms with E-state index >= 15 is 0 Å². The summed E-state index contributed by atoms with van der Waals surface area (Å²) in [7, 11) is 0. The Bertz CT molecular complexity index is 1400. The zero-order chi connectivity index (χ0) is 22.0. The summed E-state index contributed by atoms with van der Waals surface area (Å²) < 4.78 is 0.926. The topological polar surface area (TPSA) is 140 Å². The molecule has 1 atom stereocenters. The lowest BCUT2D eigenvalue weighted by Crippen LogP contribution is -2.49. The minimum Gasteiger partial charge on any atom is -0.548 e. The van der Waals surface area contributed by atoms with E-state index < -0.39 is 29.2 Å².